The summed E-state index contributed by atoms with van der Waals surface area (Å²) >= 11 is 0. The van der Waals surface area contributed by atoms with E-state index < -0.39 is 42.6 Å². The van der Waals surface area contributed by atoms with Gasteiger partial charge in [0, 0.05) is 0 Å². The van der Waals surface area contributed by atoms with Crippen molar-refractivity contribution in [3.8, 4) is 0 Å². The zero-order chi connectivity index (χ0) is 16.6. The standard InChI is InChI=1S/C16H18F2O5/c1-16(2)22-12-11(13(17)18)10(21-15(12)23-16)8-20-14(19)9-6-4-3-5-7-9/h3-7,10-13,15H,8H2,1-2H3/t10-,11-,12-,15-/m1/s1. The van der Waals surface area contributed by atoms with Gasteiger partial charge in [-0.3, -0.25) is 0 Å². The van der Waals surface area contributed by atoms with Crippen molar-refractivity contribution in [1.29, 1.82) is 0 Å². The van der Waals surface area contributed by atoms with Crippen LogP contribution in [0.3, 0.4) is 0 Å². The van der Waals surface area contributed by atoms with Crippen molar-refractivity contribution in [3.05, 3.63) is 35.9 Å². The third-order valence-corrected chi connectivity index (χ3v) is 3.88. The number of hydrogen-bond acceptors (Lipinski definition) is 5. The van der Waals surface area contributed by atoms with Gasteiger partial charge >= 0.3 is 5.97 Å². The normalized spacial score (nSPS) is 32.0. The smallest absolute Gasteiger partial charge is 0.338 e. The van der Waals surface area contributed by atoms with Gasteiger partial charge < -0.3 is 18.9 Å². The minimum atomic E-state index is -2.66. The Kier molecular flexibility index (Phi) is 4.35. The monoisotopic (exact) mass is 328 g/mol. The van der Waals surface area contributed by atoms with Crippen LogP contribution >= 0.6 is 0 Å². The second-order valence-electron chi connectivity index (χ2n) is 6.02. The van der Waals surface area contributed by atoms with E-state index in [1.54, 1.807) is 44.2 Å². The third kappa shape index (κ3) is 3.36. The number of carbonyl (C=O) groups excluding carboxylic acids is 1. The Morgan fingerprint density at radius 2 is 1.96 bits per heavy atom. The summed E-state index contributed by atoms with van der Waals surface area (Å²) in [5.74, 6) is -2.75. The van der Waals surface area contributed by atoms with Gasteiger partial charge in [-0.2, -0.15) is 0 Å². The average Bonchev–Trinajstić information content (AvgIpc) is 2.96. The highest BCUT2D eigenvalue weighted by molar-refractivity contribution is 5.89. The predicted molar refractivity (Wildman–Crippen MR) is 74.9 cm³/mol. The predicted octanol–water partition coefficient (Wildman–Crippen LogP) is 2.60. The number of ether oxygens (including phenoxy) is 4. The molecule has 2 saturated heterocycles. The van der Waals surface area contributed by atoms with Crippen LogP contribution in [-0.2, 0) is 18.9 Å². The molecular weight excluding hydrogens is 310 g/mol. The first-order valence-electron chi connectivity index (χ1n) is 7.39. The van der Waals surface area contributed by atoms with Gasteiger partial charge in [-0.1, -0.05) is 18.2 Å². The topological polar surface area (TPSA) is 54.0 Å². The quantitative estimate of drug-likeness (QED) is 0.795. The Morgan fingerprint density at radius 3 is 2.61 bits per heavy atom. The molecule has 0 aromatic heterocycles. The average molecular weight is 328 g/mol. The maximum Gasteiger partial charge on any atom is 0.338 e. The SMILES string of the molecule is CC1(C)O[C@H]2O[C@H](COC(=O)c3ccccc3)[C@@H](C(F)F)[C@H]2O1. The zero-order valence-electron chi connectivity index (χ0n) is 12.8. The molecule has 2 aliphatic rings. The highest BCUT2D eigenvalue weighted by Gasteiger charge is 2.57. The van der Waals surface area contributed by atoms with Crippen molar-refractivity contribution in [3.63, 3.8) is 0 Å². The van der Waals surface area contributed by atoms with Gasteiger partial charge in [-0.25, -0.2) is 13.6 Å². The lowest BCUT2D eigenvalue weighted by atomic mass is 9.99. The minimum absolute atomic E-state index is 0.275. The van der Waals surface area contributed by atoms with Crippen LogP contribution in [0.5, 0.6) is 0 Å². The van der Waals surface area contributed by atoms with Crippen molar-refractivity contribution in [2.75, 3.05) is 6.61 Å². The van der Waals surface area contributed by atoms with E-state index >= 15 is 0 Å². The molecule has 0 unspecified atom stereocenters. The maximum absolute atomic E-state index is 13.4. The molecule has 0 aliphatic carbocycles. The number of rotatable bonds is 4. The number of alkyl halides is 2. The van der Waals surface area contributed by atoms with E-state index in [2.05, 4.69) is 0 Å². The number of halogens is 2. The van der Waals surface area contributed by atoms with E-state index in [-0.39, 0.29) is 6.61 Å². The summed E-state index contributed by atoms with van der Waals surface area (Å²) < 4.78 is 48.3. The number of benzene rings is 1. The second-order valence-corrected chi connectivity index (χ2v) is 6.02. The van der Waals surface area contributed by atoms with Crippen molar-refractivity contribution in [1.82, 2.24) is 0 Å². The van der Waals surface area contributed by atoms with E-state index in [1.807, 2.05) is 0 Å². The molecule has 0 amide bonds. The van der Waals surface area contributed by atoms with Gasteiger partial charge in [0.25, 0.3) is 0 Å². The number of esters is 1. The zero-order valence-corrected chi connectivity index (χ0v) is 12.8. The lowest BCUT2D eigenvalue weighted by Crippen LogP contribution is -2.37. The third-order valence-electron chi connectivity index (χ3n) is 3.88. The van der Waals surface area contributed by atoms with Crippen LogP contribution in [0.4, 0.5) is 8.78 Å². The van der Waals surface area contributed by atoms with Crippen molar-refractivity contribution < 1.29 is 32.5 Å². The van der Waals surface area contributed by atoms with Crippen molar-refractivity contribution in [2.45, 2.75) is 44.6 Å². The molecule has 126 valence electrons. The Balaban J connectivity index is 1.63. The molecule has 0 radical (unpaired) electrons. The van der Waals surface area contributed by atoms with Crippen LogP contribution in [0.1, 0.15) is 24.2 Å². The van der Waals surface area contributed by atoms with E-state index in [0.29, 0.717) is 5.56 Å². The van der Waals surface area contributed by atoms with Gasteiger partial charge in [0.2, 0.25) is 6.43 Å². The van der Waals surface area contributed by atoms with E-state index in [1.165, 1.54) is 0 Å². The highest BCUT2D eigenvalue weighted by atomic mass is 19.3. The van der Waals surface area contributed by atoms with Gasteiger partial charge in [-0.05, 0) is 26.0 Å². The summed E-state index contributed by atoms with van der Waals surface area (Å²) in [6, 6.07) is 8.33. The second kappa shape index (κ2) is 6.14. The summed E-state index contributed by atoms with van der Waals surface area (Å²) in [6.07, 6.45) is -5.37. The Morgan fingerprint density at radius 1 is 1.26 bits per heavy atom. The molecule has 0 N–H and O–H groups in total. The summed E-state index contributed by atoms with van der Waals surface area (Å²) in [5, 5.41) is 0. The van der Waals surface area contributed by atoms with Crippen LogP contribution in [-0.4, -0.2) is 43.3 Å². The van der Waals surface area contributed by atoms with Gasteiger partial charge in [0.05, 0.1) is 11.5 Å². The van der Waals surface area contributed by atoms with Crippen molar-refractivity contribution in [2.24, 2.45) is 5.92 Å². The fourth-order valence-corrected chi connectivity index (χ4v) is 2.87. The number of fused-ring (bicyclic) bond motifs is 1. The summed E-state index contributed by atoms with van der Waals surface area (Å²) in [4.78, 5) is 11.9. The molecule has 2 fully saturated rings. The molecule has 4 atom stereocenters. The highest BCUT2D eigenvalue weighted by Crippen LogP contribution is 2.43. The fraction of sp³-hybridized carbons (Fsp3) is 0.562. The molecule has 2 aliphatic heterocycles. The largest absolute Gasteiger partial charge is 0.459 e. The number of hydrogen-bond donors (Lipinski definition) is 0. The number of carbonyl (C=O) groups is 1. The Hall–Kier alpha value is -1.57. The molecule has 0 saturated carbocycles. The van der Waals surface area contributed by atoms with Crippen LogP contribution in [0.15, 0.2) is 30.3 Å². The summed E-state index contributed by atoms with van der Waals surface area (Å²) in [6.45, 7) is 3.01. The van der Waals surface area contributed by atoms with E-state index in [4.69, 9.17) is 18.9 Å². The maximum atomic E-state index is 13.4. The molecule has 3 rings (SSSR count). The molecule has 23 heavy (non-hydrogen) atoms. The van der Waals surface area contributed by atoms with E-state index in [0.717, 1.165) is 0 Å². The van der Waals surface area contributed by atoms with Crippen molar-refractivity contribution >= 4 is 5.97 Å². The lowest BCUT2D eigenvalue weighted by molar-refractivity contribution is -0.218. The van der Waals surface area contributed by atoms with Gasteiger partial charge in [-0.15, -0.1) is 0 Å². The summed E-state index contributed by atoms with van der Waals surface area (Å²) in [7, 11) is 0. The first kappa shape index (κ1) is 16.3. The summed E-state index contributed by atoms with van der Waals surface area (Å²) in [5.41, 5.74) is 0.355. The minimum Gasteiger partial charge on any atom is -0.459 e. The molecule has 1 aromatic rings. The van der Waals surface area contributed by atoms with E-state index in [9.17, 15) is 13.6 Å². The molecule has 7 heteroatoms. The lowest BCUT2D eigenvalue weighted by Gasteiger charge is -2.25. The van der Waals surface area contributed by atoms with Crippen LogP contribution in [0.2, 0.25) is 0 Å². The molecule has 0 spiro atoms. The Labute approximate surface area is 132 Å². The van der Waals surface area contributed by atoms with Crippen LogP contribution in [0.25, 0.3) is 0 Å². The van der Waals surface area contributed by atoms with Gasteiger partial charge in [0.1, 0.15) is 18.8 Å². The molecule has 2 heterocycles. The van der Waals surface area contributed by atoms with Crippen LogP contribution < -0.4 is 0 Å². The first-order chi connectivity index (χ1) is 10.9. The molecular formula is C16H18F2O5. The molecule has 5 nitrogen and oxygen atoms in total. The first-order valence-corrected chi connectivity index (χ1v) is 7.39. The van der Waals surface area contributed by atoms with Gasteiger partial charge in [0.15, 0.2) is 12.1 Å². The fourth-order valence-electron chi connectivity index (χ4n) is 2.87. The van der Waals surface area contributed by atoms with Crippen LogP contribution in [0, 0.1) is 5.92 Å². The molecule has 0 bridgehead atoms. The Bertz CT molecular complexity index is 563. The molecule has 1 aromatic carbocycles.